The van der Waals surface area contributed by atoms with Gasteiger partial charge in [-0.3, -0.25) is 4.79 Å². The van der Waals surface area contributed by atoms with Crippen LogP contribution in [0.25, 0.3) is 0 Å². The number of amides is 1. The molecule has 154 valence electrons. The minimum absolute atomic E-state index is 0.115. The first-order chi connectivity index (χ1) is 14.1. The Labute approximate surface area is 171 Å². The lowest BCUT2D eigenvalue weighted by molar-refractivity contribution is -0.116. The first-order valence-corrected chi connectivity index (χ1v) is 10.4. The third-order valence-corrected chi connectivity index (χ3v) is 5.36. The molecular formula is C23H28N2O4. The van der Waals surface area contributed by atoms with Crippen LogP contribution in [-0.4, -0.2) is 24.3 Å². The molecule has 4 rings (SSSR count). The van der Waals surface area contributed by atoms with Crippen LogP contribution in [0.15, 0.2) is 42.5 Å². The maximum atomic E-state index is 12.5. The van der Waals surface area contributed by atoms with Gasteiger partial charge in [0.2, 0.25) is 5.91 Å². The lowest BCUT2D eigenvalue weighted by Gasteiger charge is -2.31. The molecule has 1 saturated carbocycles. The Balaban J connectivity index is 1.36. The van der Waals surface area contributed by atoms with E-state index < -0.39 is 11.8 Å². The fourth-order valence-corrected chi connectivity index (χ4v) is 3.85. The van der Waals surface area contributed by atoms with Crippen LogP contribution in [0.1, 0.15) is 46.0 Å². The van der Waals surface area contributed by atoms with E-state index in [0.717, 1.165) is 54.3 Å². The molecular weight excluding hydrogens is 368 g/mol. The van der Waals surface area contributed by atoms with Crippen LogP contribution in [-0.2, 0) is 4.79 Å². The van der Waals surface area contributed by atoms with Crippen molar-refractivity contribution in [2.24, 2.45) is 0 Å². The molecule has 2 aromatic rings. The van der Waals surface area contributed by atoms with Crippen LogP contribution in [0, 0.1) is 0 Å². The molecule has 1 unspecified atom stereocenters. The number of hydrogen-bond donors (Lipinski definition) is 2. The molecule has 1 atom stereocenters. The number of anilines is 2. The molecule has 1 heterocycles. The molecule has 29 heavy (non-hydrogen) atoms. The number of carbonyl (C=O) groups is 1. The van der Waals surface area contributed by atoms with Gasteiger partial charge in [0.15, 0.2) is 11.5 Å². The molecule has 0 bridgehead atoms. The summed E-state index contributed by atoms with van der Waals surface area (Å²) in [5.74, 6) is 1.71. The van der Waals surface area contributed by atoms with Gasteiger partial charge >= 0.3 is 0 Å². The molecule has 0 saturated heterocycles. The molecule has 0 aromatic heterocycles. The van der Waals surface area contributed by atoms with E-state index in [1.54, 1.807) is 0 Å². The van der Waals surface area contributed by atoms with Crippen molar-refractivity contribution in [1.82, 2.24) is 0 Å². The van der Waals surface area contributed by atoms with Crippen molar-refractivity contribution in [3.63, 3.8) is 0 Å². The maximum Gasteiger partial charge on any atom is 0.251 e. The maximum absolute atomic E-state index is 12.5. The summed E-state index contributed by atoms with van der Waals surface area (Å²) in [6.45, 7) is 4.38. The SMILES string of the molecule is CCOc1ccc(NC(=O)C(C)Nc2ccc3c(c2)OC2(CCCCC2)O3)cc1. The Kier molecular flexibility index (Phi) is 5.51. The van der Waals surface area contributed by atoms with E-state index in [-0.39, 0.29) is 5.91 Å². The van der Waals surface area contributed by atoms with Crippen LogP contribution in [0.2, 0.25) is 0 Å². The molecule has 1 aliphatic heterocycles. The summed E-state index contributed by atoms with van der Waals surface area (Å²) in [6.07, 6.45) is 5.33. The summed E-state index contributed by atoms with van der Waals surface area (Å²) in [4.78, 5) is 12.5. The number of ether oxygens (including phenoxy) is 3. The number of hydrogen-bond acceptors (Lipinski definition) is 5. The van der Waals surface area contributed by atoms with Crippen molar-refractivity contribution in [3.8, 4) is 17.2 Å². The van der Waals surface area contributed by atoms with Crippen molar-refractivity contribution >= 4 is 17.3 Å². The molecule has 2 aromatic carbocycles. The third-order valence-electron chi connectivity index (χ3n) is 5.36. The lowest BCUT2D eigenvalue weighted by Crippen LogP contribution is -2.40. The molecule has 6 nitrogen and oxygen atoms in total. The molecule has 0 radical (unpaired) electrons. The largest absolute Gasteiger partial charge is 0.494 e. The molecule has 1 aliphatic carbocycles. The second-order valence-corrected chi connectivity index (χ2v) is 7.65. The van der Waals surface area contributed by atoms with Gasteiger partial charge in [0, 0.05) is 30.3 Å². The van der Waals surface area contributed by atoms with E-state index in [1.807, 2.05) is 56.3 Å². The van der Waals surface area contributed by atoms with E-state index in [2.05, 4.69) is 10.6 Å². The van der Waals surface area contributed by atoms with Gasteiger partial charge in [0.25, 0.3) is 5.79 Å². The zero-order valence-electron chi connectivity index (χ0n) is 17.0. The fourth-order valence-electron chi connectivity index (χ4n) is 3.85. The van der Waals surface area contributed by atoms with Gasteiger partial charge in [0.1, 0.15) is 11.8 Å². The summed E-state index contributed by atoms with van der Waals surface area (Å²) in [6, 6.07) is 12.7. The third kappa shape index (κ3) is 4.42. The molecule has 1 fully saturated rings. The molecule has 1 spiro atoms. The van der Waals surface area contributed by atoms with Crippen LogP contribution in [0.5, 0.6) is 17.2 Å². The van der Waals surface area contributed by atoms with Gasteiger partial charge in [0.05, 0.1) is 6.61 Å². The van der Waals surface area contributed by atoms with Gasteiger partial charge in [-0.1, -0.05) is 6.42 Å². The lowest BCUT2D eigenvalue weighted by atomic mass is 9.94. The van der Waals surface area contributed by atoms with Crippen molar-refractivity contribution in [2.75, 3.05) is 17.2 Å². The summed E-state index contributed by atoms with van der Waals surface area (Å²) in [7, 11) is 0. The number of rotatable bonds is 6. The first-order valence-electron chi connectivity index (χ1n) is 10.4. The average molecular weight is 396 g/mol. The Morgan fingerprint density at radius 1 is 1.03 bits per heavy atom. The van der Waals surface area contributed by atoms with Gasteiger partial charge in [-0.25, -0.2) is 0 Å². The predicted molar refractivity (Wildman–Crippen MR) is 113 cm³/mol. The highest BCUT2D eigenvalue weighted by atomic mass is 16.7. The van der Waals surface area contributed by atoms with E-state index in [9.17, 15) is 4.79 Å². The summed E-state index contributed by atoms with van der Waals surface area (Å²) >= 11 is 0. The topological polar surface area (TPSA) is 68.8 Å². The highest BCUT2D eigenvalue weighted by molar-refractivity contribution is 5.96. The highest BCUT2D eigenvalue weighted by Crippen LogP contribution is 2.46. The van der Waals surface area contributed by atoms with Crippen LogP contribution in [0.3, 0.4) is 0 Å². The van der Waals surface area contributed by atoms with Crippen LogP contribution >= 0.6 is 0 Å². The average Bonchev–Trinajstić information content (AvgIpc) is 3.06. The van der Waals surface area contributed by atoms with Gasteiger partial charge in [-0.05, 0) is 63.1 Å². The standard InChI is InChI=1S/C23H28N2O4/c1-3-27-19-10-7-17(8-11-19)25-22(26)16(2)24-18-9-12-20-21(15-18)29-23(28-20)13-5-4-6-14-23/h7-12,15-16,24H,3-6,13-14H2,1-2H3,(H,25,26). The van der Waals surface area contributed by atoms with Crippen molar-refractivity contribution in [1.29, 1.82) is 0 Å². The zero-order valence-corrected chi connectivity index (χ0v) is 17.0. The summed E-state index contributed by atoms with van der Waals surface area (Å²) < 4.78 is 17.7. The fraction of sp³-hybridized carbons (Fsp3) is 0.435. The Morgan fingerprint density at radius 3 is 2.45 bits per heavy atom. The number of nitrogens with one attached hydrogen (secondary N) is 2. The Morgan fingerprint density at radius 2 is 1.72 bits per heavy atom. The number of fused-ring (bicyclic) bond motifs is 1. The molecule has 1 amide bonds. The first kappa shape index (κ1) is 19.4. The Bertz CT molecular complexity index is 860. The number of carbonyl (C=O) groups excluding carboxylic acids is 1. The van der Waals surface area contributed by atoms with E-state index >= 15 is 0 Å². The molecule has 2 aliphatic rings. The zero-order chi connectivity index (χ0) is 20.3. The normalized spacial score (nSPS) is 17.6. The number of benzene rings is 2. The molecule has 2 N–H and O–H groups in total. The van der Waals surface area contributed by atoms with Crippen molar-refractivity contribution < 1.29 is 19.0 Å². The highest BCUT2D eigenvalue weighted by Gasteiger charge is 2.42. The van der Waals surface area contributed by atoms with Crippen molar-refractivity contribution in [3.05, 3.63) is 42.5 Å². The van der Waals surface area contributed by atoms with Gasteiger partial charge in [-0.2, -0.15) is 0 Å². The predicted octanol–water partition coefficient (Wildman–Crippen LogP) is 4.96. The minimum atomic E-state index is -0.490. The second kappa shape index (κ2) is 8.23. The van der Waals surface area contributed by atoms with Crippen LogP contribution < -0.4 is 24.8 Å². The van der Waals surface area contributed by atoms with Crippen LogP contribution in [0.4, 0.5) is 11.4 Å². The monoisotopic (exact) mass is 396 g/mol. The van der Waals surface area contributed by atoms with Gasteiger partial charge < -0.3 is 24.8 Å². The second-order valence-electron chi connectivity index (χ2n) is 7.65. The molecule has 6 heteroatoms. The quantitative estimate of drug-likeness (QED) is 0.723. The van der Waals surface area contributed by atoms with E-state index in [4.69, 9.17) is 14.2 Å². The van der Waals surface area contributed by atoms with Gasteiger partial charge in [-0.15, -0.1) is 0 Å². The summed E-state index contributed by atoms with van der Waals surface area (Å²) in [5.41, 5.74) is 1.56. The summed E-state index contributed by atoms with van der Waals surface area (Å²) in [5, 5.41) is 6.16. The minimum Gasteiger partial charge on any atom is -0.494 e. The smallest absolute Gasteiger partial charge is 0.251 e. The van der Waals surface area contributed by atoms with E-state index in [0.29, 0.717) is 6.61 Å². The van der Waals surface area contributed by atoms with E-state index in [1.165, 1.54) is 6.42 Å². The Hall–Kier alpha value is -2.89. The van der Waals surface area contributed by atoms with Crippen molar-refractivity contribution in [2.45, 2.75) is 57.8 Å².